The Morgan fingerprint density at radius 3 is 2.05 bits per heavy atom. The molecule has 0 atom stereocenters. The van der Waals surface area contributed by atoms with E-state index in [-0.39, 0.29) is 16.3 Å². The van der Waals surface area contributed by atoms with E-state index in [2.05, 4.69) is 0 Å². The molecule has 0 aliphatic rings. The van der Waals surface area contributed by atoms with Gasteiger partial charge in [0.2, 0.25) is 0 Å². The first-order valence-corrected chi connectivity index (χ1v) is 7.07. The normalized spacial score (nSPS) is 11.1. The minimum absolute atomic E-state index is 0.0555. The standard InChI is InChI=1S/C13H14N2O4S/c1-18-9-2-4-10(5-3-9)19-20(16,17)11-6-7-12(14)13(15)8-11/h2-8H,14-15H2,1H3. The van der Waals surface area contributed by atoms with Crippen molar-refractivity contribution in [1.82, 2.24) is 0 Å². The van der Waals surface area contributed by atoms with Crippen LogP contribution in [0.5, 0.6) is 11.5 Å². The van der Waals surface area contributed by atoms with Crippen LogP contribution in [-0.4, -0.2) is 15.5 Å². The molecule has 20 heavy (non-hydrogen) atoms. The highest BCUT2D eigenvalue weighted by molar-refractivity contribution is 7.87. The van der Waals surface area contributed by atoms with E-state index in [9.17, 15) is 8.42 Å². The van der Waals surface area contributed by atoms with Crippen molar-refractivity contribution < 1.29 is 17.3 Å². The van der Waals surface area contributed by atoms with Gasteiger partial charge in [-0.25, -0.2) is 0 Å². The Morgan fingerprint density at radius 2 is 1.50 bits per heavy atom. The molecule has 0 heterocycles. The second kappa shape index (κ2) is 5.30. The summed E-state index contributed by atoms with van der Waals surface area (Å²) >= 11 is 0. The van der Waals surface area contributed by atoms with Crippen molar-refractivity contribution in [2.24, 2.45) is 0 Å². The molecule has 0 aliphatic heterocycles. The van der Waals surface area contributed by atoms with E-state index >= 15 is 0 Å². The highest BCUT2D eigenvalue weighted by atomic mass is 32.2. The molecule has 0 bridgehead atoms. The van der Waals surface area contributed by atoms with Gasteiger partial charge in [0.25, 0.3) is 0 Å². The summed E-state index contributed by atoms with van der Waals surface area (Å²) < 4.78 is 34.1. The third-order valence-electron chi connectivity index (χ3n) is 2.61. The fraction of sp³-hybridized carbons (Fsp3) is 0.0769. The van der Waals surface area contributed by atoms with E-state index in [0.717, 1.165) is 0 Å². The first kappa shape index (κ1) is 14.0. The number of hydrogen-bond acceptors (Lipinski definition) is 6. The maximum absolute atomic E-state index is 12.1. The lowest BCUT2D eigenvalue weighted by atomic mass is 10.3. The Labute approximate surface area is 117 Å². The maximum Gasteiger partial charge on any atom is 0.339 e. The maximum atomic E-state index is 12.1. The largest absolute Gasteiger partial charge is 0.497 e. The quantitative estimate of drug-likeness (QED) is 0.656. The van der Waals surface area contributed by atoms with Crippen molar-refractivity contribution in [2.45, 2.75) is 4.90 Å². The van der Waals surface area contributed by atoms with Gasteiger partial charge in [-0.1, -0.05) is 0 Å². The van der Waals surface area contributed by atoms with Gasteiger partial charge in [0.05, 0.1) is 18.5 Å². The Bertz CT molecular complexity index is 712. The van der Waals surface area contributed by atoms with Crippen LogP contribution in [0.1, 0.15) is 0 Å². The van der Waals surface area contributed by atoms with Crippen LogP contribution in [-0.2, 0) is 10.1 Å². The molecule has 0 aliphatic carbocycles. The van der Waals surface area contributed by atoms with Crippen molar-refractivity contribution in [3.63, 3.8) is 0 Å². The summed E-state index contributed by atoms with van der Waals surface area (Å²) in [5.74, 6) is 0.785. The minimum atomic E-state index is -3.95. The van der Waals surface area contributed by atoms with E-state index < -0.39 is 10.1 Å². The van der Waals surface area contributed by atoms with Crippen molar-refractivity contribution in [2.75, 3.05) is 18.6 Å². The predicted molar refractivity (Wildman–Crippen MR) is 76.1 cm³/mol. The van der Waals surface area contributed by atoms with Crippen molar-refractivity contribution >= 4 is 21.5 Å². The van der Waals surface area contributed by atoms with Crippen molar-refractivity contribution in [3.05, 3.63) is 42.5 Å². The lowest BCUT2D eigenvalue weighted by Gasteiger charge is -2.09. The molecule has 0 unspecified atom stereocenters. The number of benzene rings is 2. The van der Waals surface area contributed by atoms with Gasteiger partial charge in [-0.15, -0.1) is 0 Å². The third kappa shape index (κ3) is 2.94. The van der Waals surface area contributed by atoms with E-state index in [1.54, 1.807) is 12.1 Å². The molecule has 4 N–H and O–H groups in total. The van der Waals surface area contributed by atoms with Gasteiger partial charge in [-0.05, 0) is 42.5 Å². The summed E-state index contributed by atoms with van der Waals surface area (Å²) in [6.45, 7) is 0. The van der Waals surface area contributed by atoms with Crippen LogP contribution in [0.3, 0.4) is 0 Å². The first-order valence-electron chi connectivity index (χ1n) is 5.66. The molecule has 0 radical (unpaired) electrons. The lowest BCUT2D eigenvalue weighted by molar-refractivity contribution is 0.413. The molecule has 0 amide bonds. The summed E-state index contributed by atoms with van der Waals surface area (Å²) in [7, 11) is -2.43. The van der Waals surface area contributed by atoms with Gasteiger partial charge in [0, 0.05) is 0 Å². The van der Waals surface area contributed by atoms with Crippen LogP contribution >= 0.6 is 0 Å². The van der Waals surface area contributed by atoms with Gasteiger partial charge in [0.1, 0.15) is 16.4 Å². The van der Waals surface area contributed by atoms with Crippen LogP contribution in [0, 0.1) is 0 Å². The number of nitrogens with two attached hydrogens (primary N) is 2. The molecule has 0 aromatic heterocycles. The van der Waals surface area contributed by atoms with Crippen LogP contribution in [0.2, 0.25) is 0 Å². The van der Waals surface area contributed by atoms with Crippen molar-refractivity contribution in [1.29, 1.82) is 0 Å². The average Bonchev–Trinajstić information content (AvgIpc) is 2.42. The third-order valence-corrected chi connectivity index (χ3v) is 3.86. The topological polar surface area (TPSA) is 105 Å². The molecule has 0 spiro atoms. The first-order chi connectivity index (χ1) is 9.42. The number of hydrogen-bond donors (Lipinski definition) is 2. The summed E-state index contributed by atoms with van der Waals surface area (Å²) in [4.78, 5) is -0.0555. The number of anilines is 2. The van der Waals surface area contributed by atoms with Gasteiger partial charge >= 0.3 is 10.1 Å². The lowest BCUT2D eigenvalue weighted by Crippen LogP contribution is -2.10. The second-order valence-electron chi connectivity index (χ2n) is 4.00. The Morgan fingerprint density at radius 1 is 0.900 bits per heavy atom. The molecule has 0 fully saturated rings. The number of nitrogen functional groups attached to an aromatic ring is 2. The van der Waals surface area contributed by atoms with Crippen LogP contribution in [0.25, 0.3) is 0 Å². The van der Waals surface area contributed by atoms with Gasteiger partial charge in [-0.2, -0.15) is 8.42 Å². The zero-order chi connectivity index (χ0) is 14.8. The second-order valence-corrected chi connectivity index (χ2v) is 5.55. The number of rotatable bonds is 4. The summed E-state index contributed by atoms with van der Waals surface area (Å²) in [6, 6.07) is 10.2. The Balaban J connectivity index is 2.27. The summed E-state index contributed by atoms with van der Waals surface area (Å²) in [6.07, 6.45) is 0. The Hall–Kier alpha value is -2.41. The van der Waals surface area contributed by atoms with Gasteiger partial charge < -0.3 is 20.4 Å². The van der Waals surface area contributed by atoms with Crippen LogP contribution in [0.4, 0.5) is 11.4 Å². The molecule has 2 aromatic rings. The minimum Gasteiger partial charge on any atom is -0.497 e. The van der Waals surface area contributed by atoms with E-state index in [0.29, 0.717) is 11.4 Å². The molecular weight excluding hydrogens is 280 g/mol. The van der Waals surface area contributed by atoms with Crippen LogP contribution in [0.15, 0.2) is 47.4 Å². The summed E-state index contributed by atoms with van der Waals surface area (Å²) in [5.41, 5.74) is 11.6. The fourth-order valence-electron chi connectivity index (χ4n) is 1.51. The molecule has 0 saturated carbocycles. The van der Waals surface area contributed by atoms with Gasteiger partial charge in [0.15, 0.2) is 0 Å². The zero-order valence-corrected chi connectivity index (χ0v) is 11.6. The summed E-state index contributed by atoms with van der Waals surface area (Å²) in [5, 5.41) is 0. The molecule has 0 saturated heterocycles. The number of ether oxygens (including phenoxy) is 1. The zero-order valence-electron chi connectivity index (χ0n) is 10.7. The van der Waals surface area contributed by atoms with Crippen LogP contribution < -0.4 is 20.4 Å². The fourth-order valence-corrected chi connectivity index (χ4v) is 2.48. The van der Waals surface area contributed by atoms with E-state index in [1.165, 1.54) is 37.4 Å². The highest BCUT2D eigenvalue weighted by Crippen LogP contribution is 2.24. The SMILES string of the molecule is COc1ccc(OS(=O)(=O)c2ccc(N)c(N)c2)cc1. The van der Waals surface area contributed by atoms with Crippen molar-refractivity contribution in [3.8, 4) is 11.5 Å². The predicted octanol–water partition coefficient (Wildman–Crippen LogP) is 1.63. The molecule has 7 heteroatoms. The molecule has 2 aromatic carbocycles. The highest BCUT2D eigenvalue weighted by Gasteiger charge is 2.17. The number of methoxy groups -OCH3 is 1. The van der Waals surface area contributed by atoms with E-state index in [1.807, 2.05) is 0 Å². The van der Waals surface area contributed by atoms with Gasteiger partial charge in [-0.3, -0.25) is 0 Å². The smallest absolute Gasteiger partial charge is 0.339 e. The van der Waals surface area contributed by atoms with E-state index in [4.69, 9.17) is 20.4 Å². The molecule has 2 rings (SSSR count). The average molecular weight is 294 g/mol. The molecule has 6 nitrogen and oxygen atoms in total. The molecular formula is C13H14N2O4S. The monoisotopic (exact) mass is 294 g/mol. The Kier molecular flexibility index (Phi) is 3.71. The molecule has 106 valence electrons.